The predicted octanol–water partition coefficient (Wildman–Crippen LogP) is 0.167. The minimum atomic E-state index is -2.61. The minimum Gasteiger partial charge on any atom is -0.411 e. The summed E-state index contributed by atoms with van der Waals surface area (Å²) in [7, 11) is -0.0347. The van der Waals surface area contributed by atoms with Crippen molar-refractivity contribution in [2.45, 2.75) is 19.6 Å². The molecule has 82 valence electrons. The largest absolute Gasteiger partial charge is 0.496 e. The van der Waals surface area contributed by atoms with E-state index < -0.39 is 17.4 Å². The molecule has 0 aromatic rings. The molecule has 0 unspecified atom stereocenters. The van der Waals surface area contributed by atoms with Gasteiger partial charge >= 0.3 is 17.4 Å². The third-order valence-corrected chi connectivity index (χ3v) is 3.34. The van der Waals surface area contributed by atoms with Gasteiger partial charge in [0.1, 0.15) is 0 Å². The zero-order valence-corrected chi connectivity index (χ0v) is 11.1. The maximum Gasteiger partial charge on any atom is 0.496 e. The molecule has 2 N–H and O–H groups in total. The Bertz CT molecular complexity index is 106. The average Bonchev–Trinajstić information content (AvgIpc) is 2.00. The minimum absolute atomic E-state index is 1.44. The fraction of sp³-hybridized carbons (Fsp3) is 1.00. The van der Waals surface area contributed by atoms with Gasteiger partial charge in [-0.15, -0.1) is 0 Å². The molecule has 7 heteroatoms. The maximum atomic E-state index is 8.22. The van der Waals surface area contributed by atoms with Crippen LogP contribution in [-0.4, -0.2) is 48.3 Å². The summed E-state index contributed by atoms with van der Waals surface area (Å²) in [6.45, 7) is 4.70. The molecular weight excluding hydrogens is 208 g/mol. The molecule has 0 fully saturated rings. The van der Waals surface area contributed by atoms with Gasteiger partial charge in [0.25, 0.3) is 0 Å². The van der Waals surface area contributed by atoms with E-state index in [0.29, 0.717) is 0 Å². The summed E-state index contributed by atoms with van der Waals surface area (Å²) in [4.78, 5) is 16.4. The summed E-state index contributed by atoms with van der Waals surface area (Å²) in [5.74, 6) is 0. The van der Waals surface area contributed by atoms with E-state index in [4.69, 9.17) is 22.9 Å². The van der Waals surface area contributed by atoms with E-state index in [1.54, 1.807) is 21.3 Å². The van der Waals surface area contributed by atoms with Gasteiger partial charge in [0.15, 0.2) is 0 Å². The van der Waals surface area contributed by atoms with E-state index in [1.807, 2.05) is 6.55 Å². The van der Waals surface area contributed by atoms with Gasteiger partial charge < -0.3 is 22.9 Å². The van der Waals surface area contributed by atoms with Crippen molar-refractivity contribution in [3.8, 4) is 0 Å². The van der Waals surface area contributed by atoms with Crippen LogP contribution in [0.3, 0.4) is 0 Å². The molecule has 0 rings (SSSR count). The molecule has 0 saturated heterocycles. The Morgan fingerprint density at radius 3 is 0.923 bits per heavy atom. The Hall–Kier alpha value is 0.234. The zero-order valence-electron chi connectivity index (χ0n) is 9.12. The second-order valence-corrected chi connectivity index (χ2v) is 8.91. The van der Waals surface area contributed by atoms with Gasteiger partial charge in [0.05, 0.1) is 0 Å². The van der Waals surface area contributed by atoms with E-state index in [9.17, 15) is 0 Å². The highest BCUT2D eigenvalue weighted by Crippen LogP contribution is 2.02. The van der Waals surface area contributed by atoms with Crippen LogP contribution in [0, 0.1) is 0 Å². The van der Waals surface area contributed by atoms with Crippen LogP contribution in [0.25, 0.3) is 0 Å². The fourth-order valence-corrected chi connectivity index (χ4v) is 0.750. The van der Waals surface area contributed by atoms with Crippen molar-refractivity contribution < 1.29 is 22.9 Å². The third kappa shape index (κ3) is 15.0. The summed E-state index contributed by atoms with van der Waals surface area (Å²) in [5.41, 5.74) is 0. The lowest BCUT2D eigenvalue weighted by Gasteiger charge is -2.18. The Labute approximate surface area is 81.9 Å². The van der Waals surface area contributed by atoms with Crippen molar-refractivity contribution in [2.75, 3.05) is 21.3 Å². The molecule has 13 heavy (non-hydrogen) atoms. The highest BCUT2D eigenvalue weighted by molar-refractivity contribution is 6.61. The van der Waals surface area contributed by atoms with Crippen molar-refractivity contribution in [3.63, 3.8) is 0 Å². The Balaban J connectivity index is 0. The van der Waals surface area contributed by atoms with Crippen LogP contribution in [-0.2, 0) is 13.3 Å². The molecular formula is C6H20O5Si2. The van der Waals surface area contributed by atoms with E-state index >= 15 is 0 Å². The van der Waals surface area contributed by atoms with Crippen LogP contribution in [0.4, 0.5) is 0 Å². The fourth-order valence-electron chi connectivity index (χ4n) is 0.250. The SMILES string of the molecule is CO[Si](C)(OC)OC.C[Si](C)(O)O. The van der Waals surface area contributed by atoms with E-state index in [1.165, 1.54) is 13.1 Å². The molecule has 0 radical (unpaired) electrons. The molecule has 5 nitrogen and oxygen atoms in total. The van der Waals surface area contributed by atoms with Gasteiger partial charge in [-0.25, -0.2) is 0 Å². The van der Waals surface area contributed by atoms with E-state index in [0.717, 1.165) is 0 Å². The summed E-state index contributed by atoms with van der Waals surface area (Å²) < 4.78 is 14.8. The second-order valence-electron chi connectivity index (χ2n) is 2.97. The van der Waals surface area contributed by atoms with Crippen molar-refractivity contribution in [1.82, 2.24) is 0 Å². The van der Waals surface area contributed by atoms with Gasteiger partial charge in [-0.1, -0.05) is 0 Å². The Morgan fingerprint density at radius 2 is 0.923 bits per heavy atom. The van der Waals surface area contributed by atoms with Crippen molar-refractivity contribution >= 4 is 17.4 Å². The van der Waals surface area contributed by atoms with Crippen molar-refractivity contribution in [3.05, 3.63) is 0 Å². The highest BCUT2D eigenvalue weighted by atomic mass is 28.4. The summed E-state index contributed by atoms with van der Waals surface area (Å²) in [6.07, 6.45) is 0. The van der Waals surface area contributed by atoms with Crippen LogP contribution >= 0.6 is 0 Å². The van der Waals surface area contributed by atoms with E-state index in [-0.39, 0.29) is 0 Å². The summed E-state index contributed by atoms with van der Waals surface area (Å²) in [5, 5.41) is 0. The first-order valence-electron chi connectivity index (χ1n) is 3.78. The van der Waals surface area contributed by atoms with Crippen LogP contribution < -0.4 is 0 Å². The van der Waals surface area contributed by atoms with Gasteiger partial charge in [-0.3, -0.25) is 0 Å². The van der Waals surface area contributed by atoms with Crippen molar-refractivity contribution in [2.24, 2.45) is 0 Å². The quantitative estimate of drug-likeness (QED) is 0.674. The first kappa shape index (κ1) is 15.7. The lowest BCUT2D eigenvalue weighted by molar-refractivity contribution is 0.132. The standard InChI is InChI=1S/C4H12O3Si.C2H8O2Si/c1-5-8(4,6-2)7-3;1-5(2,3)4/h1-4H3;3-4H,1-2H3. The van der Waals surface area contributed by atoms with Gasteiger partial charge in [0.2, 0.25) is 0 Å². The van der Waals surface area contributed by atoms with Gasteiger partial charge in [0, 0.05) is 27.9 Å². The summed E-state index contributed by atoms with van der Waals surface area (Å²) in [6, 6.07) is 0. The Morgan fingerprint density at radius 1 is 0.769 bits per heavy atom. The molecule has 0 atom stereocenters. The second kappa shape index (κ2) is 6.65. The molecule has 0 aromatic carbocycles. The first-order valence-corrected chi connectivity index (χ1v) is 8.90. The number of rotatable bonds is 3. The maximum absolute atomic E-state index is 8.22. The van der Waals surface area contributed by atoms with Gasteiger partial charge in [-0.2, -0.15) is 0 Å². The van der Waals surface area contributed by atoms with E-state index in [2.05, 4.69) is 0 Å². The van der Waals surface area contributed by atoms with Gasteiger partial charge in [-0.05, 0) is 13.1 Å². The molecule has 0 bridgehead atoms. The lowest BCUT2D eigenvalue weighted by Crippen LogP contribution is -2.38. The smallest absolute Gasteiger partial charge is 0.411 e. The molecule has 0 saturated carbocycles. The monoisotopic (exact) mass is 228 g/mol. The molecule has 0 aliphatic heterocycles. The lowest BCUT2D eigenvalue weighted by atomic mass is 11.8. The normalized spacial score (nSPS) is 12.0. The molecule has 0 aliphatic rings. The van der Waals surface area contributed by atoms with Crippen molar-refractivity contribution in [1.29, 1.82) is 0 Å². The Kier molecular flexibility index (Phi) is 8.03. The van der Waals surface area contributed by atoms with Crippen LogP contribution in [0.5, 0.6) is 0 Å². The van der Waals surface area contributed by atoms with Crippen LogP contribution in [0.15, 0.2) is 0 Å². The first-order chi connectivity index (χ1) is 5.68. The molecule has 0 heterocycles. The molecule has 0 aromatic heterocycles. The predicted molar refractivity (Wildman–Crippen MR) is 54.6 cm³/mol. The molecule has 0 aliphatic carbocycles. The molecule has 0 amide bonds. The van der Waals surface area contributed by atoms with Crippen LogP contribution in [0.2, 0.25) is 19.6 Å². The average molecular weight is 228 g/mol. The topological polar surface area (TPSA) is 68.2 Å². The number of hydrogen-bond acceptors (Lipinski definition) is 5. The zero-order chi connectivity index (χ0) is 11.1. The number of hydrogen-bond donors (Lipinski definition) is 2. The molecule has 0 spiro atoms. The highest BCUT2D eigenvalue weighted by Gasteiger charge is 2.29. The summed E-state index contributed by atoms with van der Waals surface area (Å²) >= 11 is 0. The third-order valence-electron chi connectivity index (χ3n) is 1.11. The van der Waals surface area contributed by atoms with Crippen LogP contribution in [0.1, 0.15) is 0 Å².